The zero-order chi connectivity index (χ0) is 18.2. The van der Waals surface area contributed by atoms with Gasteiger partial charge in [-0.2, -0.15) is 0 Å². The van der Waals surface area contributed by atoms with E-state index in [9.17, 15) is 9.59 Å². The first kappa shape index (κ1) is 17.8. The lowest BCUT2D eigenvalue weighted by molar-refractivity contribution is -0.134. The van der Waals surface area contributed by atoms with E-state index in [0.717, 1.165) is 24.2 Å². The Hall–Kier alpha value is -2.04. The van der Waals surface area contributed by atoms with Crippen molar-refractivity contribution in [3.63, 3.8) is 0 Å². The molecule has 2 amide bonds. The molecule has 136 valence electrons. The van der Waals surface area contributed by atoms with Gasteiger partial charge in [-0.25, -0.2) is 0 Å². The average Bonchev–Trinajstić information content (AvgIpc) is 3.44. The summed E-state index contributed by atoms with van der Waals surface area (Å²) in [4.78, 5) is 28.8. The molecule has 0 radical (unpaired) electrons. The van der Waals surface area contributed by atoms with E-state index in [4.69, 9.17) is 4.74 Å². The van der Waals surface area contributed by atoms with Gasteiger partial charge in [-0.1, -0.05) is 20.8 Å². The van der Waals surface area contributed by atoms with Crippen LogP contribution in [0.2, 0.25) is 0 Å². The van der Waals surface area contributed by atoms with Crippen LogP contribution in [0, 0.1) is 5.92 Å². The summed E-state index contributed by atoms with van der Waals surface area (Å²) in [7, 11) is 1.65. The second-order valence-corrected chi connectivity index (χ2v) is 8.06. The molecule has 0 bridgehead atoms. The van der Waals surface area contributed by atoms with Gasteiger partial charge in [-0.3, -0.25) is 9.59 Å². The molecule has 1 heterocycles. The summed E-state index contributed by atoms with van der Waals surface area (Å²) < 4.78 is 5.45. The number of methoxy groups -OCH3 is 1. The smallest absolute Gasteiger partial charge is 0.253 e. The molecule has 0 atom stereocenters. The summed E-state index contributed by atoms with van der Waals surface area (Å²) >= 11 is 0. The van der Waals surface area contributed by atoms with Crippen molar-refractivity contribution in [1.29, 1.82) is 0 Å². The molecule has 0 N–H and O–H groups in total. The maximum Gasteiger partial charge on any atom is 0.253 e. The summed E-state index contributed by atoms with van der Waals surface area (Å²) in [5.74, 6) is 1.36. The lowest BCUT2D eigenvalue weighted by atomic mass is 9.85. The molecule has 5 nitrogen and oxygen atoms in total. The zero-order valence-corrected chi connectivity index (χ0v) is 15.7. The second kappa shape index (κ2) is 6.70. The van der Waals surface area contributed by atoms with Gasteiger partial charge in [0.2, 0.25) is 5.91 Å². The van der Waals surface area contributed by atoms with Crippen molar-refractivity contribution in [3.05, 3.63) is 29.3 Å². The fourth-order valence-electron chi connectivity index (χ4n) is 3.33. The fourth-order valence-corrected chi connectivity index (χ4v) is 3.33. The maximum absolute atomic E-state index is 12.9. The van der Waals surface area contributed by atoms with Gasteiger partial charge in [0.05, 0.1) is 7.11 Å². The van der Waals surface area contributed by atoms with Gasteiger partial charge in [-0.05, 0) is 36.5 Å². The number of hydrogen-bond donors (Lipinski definition) is 0. The van der Waals surface area contributed by atoms with Gasteiger partial charge in [-0.15, -0.1) is 0 Å². The molecule has 1 aromatic carbocycles. The third-order valence-corrected chi connectivity index (χ3v) is 5.06. The molecule has 2 fully saturated rings. The molecule has 5 heteroatoms. The zero-order valence-electron chi connectivity index (χ0n) is 15.7. The van der Waals surface area contributed by atoms with Crippen molar-refractivity contribution < 1.29 is 14.3 Å². The minimum absolute atomic E-state index is 0.0340. The van der Waals surface area contributed by atoms with E-state index >= 15 is 0 Å². The van der Waals surface area contributed by atoms with E-state index in [2.05, 4.69) is 20.8 Å². The van der Waals surface area contributed by atoms with E-state index in [1.54, 1.807) is 7.11 Å². The van der Waals surface area contributed by atoms with E-state index in [0.29, 0.717) is 31.7 Å². The first-order valence-electron chi connectivity index (χ1n) is 9.08. The van der Waals surface area contributed by atoms with Crippen LogP contribution >= 0.6 is 0 Å². The molecule has 3 rings (SSSR count). The van der Waals surface area contributed by atoms with Gasteiger partial charge in [0.25, 0.3) is 5.91 Å². The standard InChI is InChI=1S/C20H28N2O3/c1-20(2,3)16-13-15(7-8-17(16)25-4)19(24)22-11-9-21(10-12-22)18(23)14-5-6-14/h7-8,13-14H,5-6,9-12H2,1-4H3. The molecule has 1 aliphatic carbocycles. The van der Waals surface area contributed by atoms with Crippen LogP contribution in [0.25, 0.3) is 0 Å². The quantitative estimate of drug-likeness (QED) is 0.847. The Kier molecular flexibility index (Phi) is 4.76. The van der Waals surface area contributed by atoms with Crippen LogP contribution < -0.4 is 4.74 Å². The highest BCUT2D eigenvalue weighted by Gasteiger charge is 2.35. The Bertz CT molecular complexity index is 666. The number of amides is 2. The van der Waals surface area contributed by atoms with Crippen molar-refractivity contribution in [2.45, 2.75) is 39.0 Å². The molecule has 1 aliphatic heterocycles. The number of hydrogen-bond acceptors (Lipinski definition) is 3. The summed E-state index contributed by atoms with van der Waals surface area (Å²) in [5, 5.41) is 0. The molecular weight excluding hydrogens is 316 g/mol. The number of rotatable bonds is 3. The van der Waals surface area contributed by atoms with E-state index in [-0.39, 0.29) is 23.1 Å². The Labute approximate surface area is 149 Å². The van der Waals surface area contributed by atoms with Gasteiger partial charge >= 0.3 is 0 Å². The highest BCUT2D eigenvalue weighted by atomic mass is 16.5. The molecule has 0 spiro atoms. The minimum atomic E-state index is -0.100. The molecule has 25 heavy (non-hydrogen) atoms. The molecular formula is C20H28N2O3. The highest BCUT2D eigenvalue weighted by molar-refractivity contribution is 5.95. The Morgan fingerprint density at radius 1 is 1.04 bits per heavy atom. The van der Waals surface area contributed by atoms with Crippen LogP contribution in [-0.4, -0.2) is 54.9 Å². The lowest BCUT2D eigenvalue weighted by Gasteiger charge is -2.35. The number of ether oxygens (including phenoxy) is 1. The third-order valence-electron chi connectivity index (χ3n) is 5.06. The number of nitrogens with zero attached hydrogens (tertiary/aromatic N) is 2. The molecule has 0 aromatic heterocycles. The van der Waals surface area contributed by atoms with Crippen molar-refractivity contribution in [1.82, 2.24) is 9.80 Å². The second-order valence-electron chi connectivity index (χ2n) is 8.06. The van der Waals surface area contributed by atoms with E-state index in [1.165, 1.54) is 0 Å². The number of carbonyl (C=O) groups excluding carboxylic acids is 2. The normalized spacial score (nSPS) is 18.2. The maximum atomic E-state index is 12.9. The number of benzene rings is 1. The SMILES string of the molecule is COc1ccc(C(=O)N2CCN(C(=O)C3CC3)CC2)cc1C(C)(C)C. The van der Waals surface area contributed by atoms with Crippen LogP contribution in [-0.2, 0) is 10.2 Å². The van der Waals surface area contributed by atoms with Crippen molar-refractivity contribution in [3.8, 4) is 5.75 Å². The van der Waals surface area contributed by atoms with Gasteiger partial charge in [0, 0.05) is 43.2 Å². The largest absolute Gasteiger partial charge is 0.496 e. The van der Waals surface area contributed by atoms with Crippen LogP contribution in [0.3, 0.4) is 0 Å². The third kappa shape index (κ3) is 3.80. The number of carbonyl (C=O) groups is 2. The molecule has 2 aliphatic rings. The Morgan fingerprint density at radius 2 is 1.64 bits per heavy atom. The Morgan fingerprint density at radius 3 is 2.16 bits per heavy atom. The average molecular weight is 344 g/mol. The predicted octanol–water partition coefficient (Wildman–Crippen LogP) is 2.69. The summed E-state index contributed by atoms with van der Waals surface area (Å²) in [6.45, 7) is 8.83. The Balaban J connectivity index is 1.70. The summed E-state index contributed by atoms with van der Waals surface area (Å²) in [6.07, 6.45) is 2.05. The van der Waals surface area contributed by atoms with Gasteiger partial charge in [0.15, 0.2) is 0 Å². The fraction of sp³-hybridized carbons (Fsp3) is 0.600. The topological polar surface area (TPSA) is 49.9 Å². The highest BCUT2D eigenvalue weighted by Crippen LogP contribution is 2.33. The van der Waals surface area contributed by atoms with Crippen molar-refractivity contribution >= 4 is 11.8 Å². The molecule has 0 unspecified atom stereocenters. The monoisotopic (exact) mass is 344 g/mol. The first-order valence-corrected chi connectivity index (χ1v) is 9.08. The predicted molar refractivity (Wildman–Crippen MR) is 96.9 cm³/mol. The summed E-state index contributed by atoms with van der Waals surface area (Å²) in [5.41, 5.74) is 1.62. The van der Waals surface area contributed by atoms with E-state index < -0.39 is 0 Å². The van der Waals surface area contributed by atoms with Crippen LogP contribution in [0.4, 0.5) is 0 Å². The van der Waals surface area contributed by atoms with Crippen LogP contribution in [0.15, 0.2) is 18.2 Å². The first-order chi connectivity index (χ1) is 11.8. The van der Waals surface area contributed by atoms with E-state index in [1.807, 2.05) is 28.0 Å². The molecule has 1 saturated carbocycles. The van der Waals surface area contributed by atoms with Crippen molar-refractivity contribution in [2.24, 2.45) is 5.92 Å². The lowest BCUT2D eigenvalue weighted by Crippen LogP contribution is -2.51. The van der Waals surface area contributed by atoms with Crippen LogP contribution in [0.1, 0.15) is 49.5 Å². The van der Waals surface area contributed by atoms with Gasteiger partial charge < -0.3 is 14.5 Å². The van der Waals surface area contributed by atoms with Crippen molar-refractivity contribution in [2.75, 3.05) is 33.3 Å². The van der Waals surface area contributed by atoms with Crippen LogP contribution in [0.5, 0.6) is 5.75 Å². The molecule has 1 aromatic rings. The minimum Gasteiger partial charge on any atom is -0.496 e. The molecule has 1 saturated heterocycles. The number of piperazine rings is 1. The summed E-state index contributed by atoms with van der Waals surface area (Å²) in [6, 6.07) is 5.65. The van der Waals surface area contributed by atoms with Gasteiger partial charge in [0.1, 0.15) is 5.75 Å².